The highest BCUT2D eigenvalue weighted by molar-refractivity contribution is 5.77. The van der Waals surface area contributed by atoms with Crippen LogP contribution in [0.1, 0.15) is 245 Å². The van der Waals surface area contributed by atoms with E-state index in [1.807, 2.05) is 0 Å². The molecule has 0 saturated carbocycles. The third kappa shape index (κ3) is 42.3. The molecule has 0 aliphatic carbocycles. The third-order valence-electron chi connectivity index (χ3n) is 11.4. The van der Waals surface area contributed by atoms with Gasteiger partial charge in [-0.25, -0.2) is 0 Å². The van der Waals surface area contributed by atoms with Crippen molar-refractivity contribution in [2.45, 2.75) is 264 Å². The van der Waals surface area contributed by atoms with Gasteiger partial charge in [0.2, 0.25) is 5.91 Å². The van der Waals surface area contributed by atoms with Crippen LogP contribution in [0.4, 0.5) is 0 Å². The van der Waals surface area contributed by atoms with E-state index < -0.39 is 18.2 Å². The second-order valence-corrected chi connectivity index (χ2v) is 17.2. The maximum Gasteiger partial charge on any atom is 0.306 e. The number of hydrogen-bond donors (Lipinski definition) is 3. The van der Waals surface area contributed by atoms with Gasteiger partial charge in [-0.3, -0.25) is 9.59 Å². The fraction of sp³-hybridized carbons (Fsp3) is 0.778. The zero-order chi connectivity index (χ0) is 43.8. The highest BCUT2D eigenvalue weighted by Gasteiger charge is 2.24. The zero-order valence-corrected chi connectivity index (χ0v) is 39.6. The number of esters is 1. The molecule has 0 saturated heterocycles. The molecule has 0 aliphatic heterocycles. The van der Waals surface area contributed by atoms with Crippen molar-refractivity contribution in [2.75, 3.05) is 6.61 Å². The van der Waals surface area contributed by atoms with Gasteiger partial charge in [-0.15, -0.1) is 0 Å². The number of hydrogen-bond acceptors (Lipinski definition) is 5. The van der Waals surface area contributed by atoms with Gasteiger partial charge in [0.15, 0.2) is 0 Å². The molecule has 0 fully saturated rings. The second kappa shape index (κ2) is 47.6. The first-order valence-electron chi connectivity index (χ1n) is 25.5. The van der Waals surface area contributed by atoms with Crippen LogP contribution in [0.15, 0.2) is 60.8 Å². The van der Waals surface area contributed by atoms with Crippen molar-refractivity contribution < 1.29 is 24.5 Å². The molecule has 0 aromatic heterocycles. The van der Waals surface area contributed by atoms with Crippen LogP contribution in [0.25, 0.3) is 0 Å². The molecule has 6 nitrogen and oxygen atoms in total. The molecule has 6 heteroatoms. The van der Waals surface area contributed by atoms with Crippen molar-refractivity contribution >= 4 is 11.9 Å². The molecule has 60 heavy (non-hydrogen) atoms. The van der Waals surface area contributed by atoms with E-state index in [1.165, 1.54) is 116 Å². The average Bonchev–Trinajstić information content (AvgIpc) is 3.24. The van der Waals surface area contributed by atoms with Crippen molar-refractivity contribution in [3.8, 4) is 0 Å². The normalized spacial score (nSPS) is 13.8. The molecule has 0 spiro atoms. The second-order valence-electron chi connectivity index (χ2n) is 17.2. The number of ether oxygens (including phenoxy) is 1. The first-order chi connectivity index (χ1) is 29.5. The fourth-order valence-corrected chi connectivity index (χ4v) is 7.52. The predicted octanol–water partition coefficient (Wildman–Crippen LogP) is 15.2. The van der Waals surface area contributed by atoms with E-state index in [2.05, 4.69) is 86.8 Å². The lowest BCUT2D eigenvalue weighted by atomic mass is 10.0. The smallest absolute Gasteiger partial charge is 0.306 e. The largest absolute Gasteiger partial charge is 0.462 e. The Bertz CT molecular complexity index is 1080. The lowest BCUT2D eigenvalue weighted by Crippen LogP contribution is -2.46. The van der Waals surface area contributed by atoms with Crippen molar-refractivity contribution in [3.63, 3.8) is 0 Å². The first kappa shape index (κ1) is 57.6. The number of rotatable bonds is 45. The van der Waals surface area contributed by atoms with Gasteiger partial charge in [0, 0.05) is 6.42 Å². The number of allylic oxidation sites excluding steroid dienone is 10. The summed E-state index contributed by atoms with van der Waals surface area (Å²) in [6, 6.07) is -0.719. The number of nitrogens with one attached hydrogen (secondary N) is 1. The van der Waals surface area contributed by atoms with Crippen LogP contribution in [0.2, 0.25) is 0 Å². The van der Waals surface area contributed by atoms with E-state index >= 15 is 0 Å². The Kier molecular flexibility index (Phi) is 45.7. The highest BCUT2D eigenvalue weighted by Crippen LogP contribution is 2.17. The van der Waals surface area contributed by atoms with E-state index in [1.54, 1.807) is 0 Å². The van der Waals surface area contributed by atoms with E-state index in [-0.39, 0.29) is 24.9 Å². The Morgan fingerprint density at radius 2 is 0.900 bits per heavy atom. The Balaban J connectivity index is 4.70. The van der Waals surface area contributed by atoms with Crippen molar-refractivity contribution in [3.05, 3.63) is 60.8 Å². The third-order valence-corrected chi connectivity index (χ3v) is 11.4. The molecule has 0 aliphatic rings. The molecule has 0 radical (unpaired) electrons. The van der Waals surface area contributed by atoms with E-state index in [0.717, 1.165) is 83.5 Å². The number of amides is 1. The number of aliphatic hydroxyl groups excluding tert-OH is 2. The molecule has 3 unspecified atom stereocenters. The summed E-state index contributed by atoms with van der Waals surface area (Å²) >= 11 is 0. The Labute approximate surface area is 371 Å². The summed E-state index contributed by atoms with van der Waals surface area (Å²) in [7, 11) is 0. The Morgan fingerprint density at radius 3 is 1.33 bits per heavy atom. The van der Waals surface area contributed by atoms with Gasteiger partial charge in [-0.1, -0.05) is 229 Å². The van der Waals surface area contributed by atoms with Gasteiger partial charge in [0.1, 0.15) is 6.10 Å². The molecular weight excluding hydrogens is 743 g/mol. The molecule has 1 amide bonds. The molecule has 0 rings (SSSR count). The fourth-order valence-electron chi connectivity index (χ4n) is 7.52. The van der Waals surface area contributed by atoms with Crippen molar-refractivity contribution in [1.29, 1.82) is 0 Å². The molecule has 0 heterocycles. The van der Waals surface area contributed by atoms with Gasteiger partial charge < -0.3 is 20.3 Å². The van der Waals surface area contributed by atoms with Crippen LogP contribution in [0, 0.1) is 0 Å². The van der Waals surface area contributed by atoms with Gasteiger partial charge in [0.05, 0.1) is 25.2 Å². The van der Waals surface area contributed by atoms with Crippen LogP contribution in [-0.4, -0.2) is 46.9 Å². The zero-order valence-electron chi connectivity index (χ0n) is 39.6. The van der Waals surface area contributed by atoms with E-state index in [0.29, 0.717) is 19.3 Å². The summed E-state index contributed by atoms with van der Waals surface area (Å²) in [5, 5.41) is 23.7. The minimum atomic E-state index is -0.802. The minimum absolute atomic E-state index is 0.0394. The molecular formula is C54H97NO5. The van der Waals surface area contributed by atoms with Crippen LogP contribution < -0.4 is 5.32 Å². The first-order valence-corrected chi connectivity index (χ1v) is 25.5. The number of carbonyl (C=O) groups is 2. The van der Waals surface area contributed by atoms with E-state index in [9.17, 15) is 19.8 Å². The number of aliphatic hydroxyl groups is 2. The molecule has 3 N–H and O–H groups in total. The quantitative estimate of drug-likeness (QED) is 0.0322. The maximum absolute atomic E-state index is 13.2. The topological polar surface area (TPSA) is 95.9 Å². The van der Waals surface area contributed by atoms with Crippen molar-refractivity contribution in [2.24, 2.45) is 0 Å². The predicted molar refractivity (Wildman–Crippen MR) is 259 cm³/mol. The van der Waals surface area contributed by atoms with Gasteiger partial charge in [-0.05, 0) is 64.2 Å². The van der Waals surface area contributed by atoms with Crippen LogP contribution in [0.3, 0.4) is 0 Å². The van der Waals surface area contributed by atoms with Crippen LogP contribution in [-0.2, 0) is 14.3 Å². The SMILES string of the molecule is CC/C=C\C/C=C\C/C=C\C/C=C\C/C=C\CCCC(CC(=O)NC(CO)C(O)CCCCCCCCCCCCCC)OC(=O)CCCCCCCCCCCCCC. The lowest BCUT2D eigenvalue weighted by molar-refractivity contribution is -0.151. The molecule has 0 aromatic rings. The molecule has 0 aromatic carbocycles. The lowest BCUT2D eigenvalue weighted by Gasteiger charge is -2.24. The highest BCUT2D eigenvalue weighted by atomic mass is 16.5. The number of unbranched alkanes of at least 4 members (excludes halogenated alkanes) is 23. The average molecular weight is 840 g/mol. The minimum Gasteiger partial charge on any atom is -0.462 e. The summed E-state index contributed by atoms with van der Waals surface area (Å²) in [6.45, 7) is 6.35. The van der Waals surface area contributed by atoms with Gasteiger partial charge in [-0.2, -0.15) is 0 Å². The van der Waals surface area contributed by atoms with Gasteiger partial charge in [0.25, 0.3) is 0 Å². The maximum atomic E-state index is 13.2. The Hall–Kier alpha value is -2.44. The summed E-state index contributed by atoms with van der Waals surface area (Å²) in [6.07, 6.45) is 58.5. The monoisotopic (exact) mass is 840 g/mol. The summed E-state index contributed by atoms with van der Waals surface area (Å²) in [5.74, 6) is -0.527. The van der Waals surface area contributed by atoms with Crippen LogP contribution >= 0.6 is 0 Å². The van der Waals surface area contributed by atoms with Gasteiger partial charge >= 0.3 is 5.97 Å². The summed E-state index contributed by atoms with van der Waals surface area (Å²) < 4.78 is 5.90. The Morgan fingerprint density at radius 1 is 0.500 bits per heavy atom. The van der Waals surface area contributed by atoms with Crippen LogP contribution in [0.5, 0.6) is 0 Å². The molecule has 3 atom stereocenters. The molecule has 0 bridgehead atoms. The van der Waals surface area contributed by atoms with E-state index in [4.69, 9.17) is 4.74 Å². The standard InChI is InChI=1S/C54H97NO5/c1-4-7-10-13-16-19-22-25-26-27-28-29-30-33-36-39-42-45-50(60-54(59)47-44-41-38-35-32-24-21-18-15-12-9-6-3)48-53(58)55-51(49-56)52(57)46-43-40-37-34-31-23-20-17-14-11-8-5-2/h7,10,16,19,25-26,28-29,33,36,50-52,56-57H,4-6,8-9,11-15,17-18,20-24,27,30-32,34-35,37-49H2,1-3H3,(H,55,58)/b10-7-,19-16-,26-25-,29-28-,36-33-. The number of carbonyl (C=O) groups excluding carboxylic acids is 2. The van der Waals surface area contributed by atoms with Crippen molar-refractivity contribution in [1.82, 2.24) is 5.32 Å². The summed E-state index contributed by atoms with van der Waals surface area (Å²) in [5.41, 5.74) is 0. The molecule has 348 valence electrons. The summed E-state index contributed by atoms with van der Waals surface area (Å²) in [4.78, 5) is 26.1.